The van der Waals surface area contributed by atoms with Gasteiger partial charge >= 0.3 is 0 Å². The molecule has 1 fully saturated rings. The molecule has 1 amide bonds. The number of aryl methyl sites for hydroxylation is 1. The topological polar surface area (TPSA) is 92.5 Å². The molecule has 0 aliphatic carbocycles. The van der Waals surface area contributed by atoms with Crippen LogP contribution in [0.1, 0.15) is 27.4 Å². The average Bonchev–Trinajstić information content (AvgIpc) is 3.01. The predicted octanol–water partition coefficient (Wildman–Crippen LogP) is 1.14. The molecule has 1 aromatic carbocycles. The fraction of sp³-hybridized carbons (Fsp3) is 0.412. The fourth-order valence-electron chi connectivity index (χ4n) is 2.70. The van der Waals surface area contributed by atoms with Crippen LogP contribution in [0.4, 0.5) is 0 Å². The number of nitrogens with zero attached hydrogens (tertiary/aromatic N) is 2. The molecule has 1 aliphatic heterocycles. The Kier molecular flexibility index (Phi) is 5.19. The van der Waals surface area contributed by atoms with Gasteiger partial charge in [0.15, 0.2) is 9.84 Å². The monoisotopic (exact) mass is 363 g/mol. The lowest BCUT2D eigenvalue weighted by Gasteiger charge is -2.26. The summed E-state index contributed by atoms with van der Waals surface area (Å²) in [6.45, 7) is 3.92. The van der Waals surface area contributed by atoms with Gasteiger partial charge in [0.25, 0.3) is 5.91 Å². The van der Waals surface area contributed by atoms with Crippen LogP contribution in [0, 0.1) is 6.92 Å². The van der Waals surface area contributed by atoms with E-state index in [1.54, 1.807) is 25.1 Å². The first-order valence-corrected chi connectivity index (χ1v) is 9.95. The molecule has 134 valence electrons. The van der Waals surface area contributed by atoms with E-state index >= 15 is 0 Å². The number of sulfone groups is 1. The normalized spacial score (nSPS) is 17.3. The van der Waals surface area contributed by atoms with Gasteiger partial charge in [-0.15, -0.1) is 0 Å². The number of rotatable bonds is 5. The van der Waals surface area contributed by atoms with Crippen molar-refractivity contribution in [2.24, 2.45) is 0 Å². The van der Waals surface area contributed by atoms with Crippen LogP contribution in [0.3, 0.4) is 0 Å². The SMILES string of the molecule is Cc1cc(CNC(=O)c2ccc(CN3CCS(=O)(=O)CC3)cc2)no1. The summed E-state index contributed by atoms with van der Waals surface area (Å²) in [5, 5.41) is 6.63. The number of carbonyl (C=O) groups is 1. The standard InChI is InChI=1S/C17H21N3O4S/c1-13-10-16(19-24-13)11-18-17(21)15-4-2-14(3-5-15)12-20-6-8-25(22,23)9-7-20/h2-5,10H,6-9,11-12H2,1H3,(H,18,21). The summed E-state index contributed by atoms with van der Waals surface area (Å²) in [5.74, 6) is 0.972. The molecule has 7 nitrogen and oxygen atoms in total. The largest absolute Gasteiger partial charge is 0.361 e. The highest BCUT2D eigenvalue weighted by Crippen LogP contribution is 2.11. The maximum absolute atomic E-state index is 12.2. The molecule has 0 bridgehead atoms. The number of amides is 1. The molecule has 0 unspecified atom stereocenters. The second-order valence-electron chi connectivity index (χ2n) is 6.24. The third-order valence-electron chi connectivity index (χ3n) is 4.17. The fourth-order valence-corrected chi connectivity index (χ4v) is 3.98. The molecule has 0 spiro atoms. The Morgan fingerprint density at radius 1 is 1.24 bits per heavy atom. The lowest BCUT2D eigenvalue weighted by Crippen LogP contribution is -2.39. The van der Waals surface area contributed by atoms with E-state index in [9.17, 15) is 13.2 Å². The van der Waals surface area contributed by atoms with Gasteiger partial charge < -0.3 is 9.84 Å². The first-order valence-electron chi connectivity index (χ1n) is 8.13. The minimum atomic E-state index is -2.86. The Balaban J connectivity index is 1.52. The molecule has 25 heavy (non-hydrogen) atoms. The average molecular weight is 363 g/mol. The van der Waals surface area contributed by atoms with E-state index in [-0.39, 0.29) is 17.4 Å². The summed E-state index contributed by atoms with van der Waals surface area (Å²) in [5.41, 5.74) is 2.32. The molecule has 0 radical (unpaired) electrons. The summed E-state index contributed by atoms with van der Waals surface area (Å²) in [7, 11) is -2.86. The van der Waals surface area contributed by atoms with E-state index in [0.717, 1.165) is 5.56 Å². The third-order valence-corrected chi connectivity index (χ3v) is 5.78. The van der Waals surface area contributed by atoms with Gasteiger partial charge in [-0.05, 0) is 24.6 Å². The van der Waals surface area contributed by atoms with Crippen LogP contribution in [0.2, 0.25) is 0 Å². The van der Waals surface area contributed by atoms with Crippen LogP contribution < -0.4 is 5.32 Å². The molecule has 2 heterocycles. The first kappa shape index (κ1) is 17.6. The number of aromatic nitrogens is 1. The number of carbonyl (C=O) groups excluding carboxylic acids is 1. The van der Waals surface area contributed by atoms with Crippen molar-refractivity contribution in [3.8, 4) is 0 Å². The number of benzene rings is 1. The van der Waals surface area contributed by atoms with Crippen molar-refractivity contribution < 1.29 is 17.7 Å². The minimum Gasteiger partial charge on any atom is -0.361 e. The highest BCUT2D eigenvalue weighted by atomic mass is 32.2. The van der Waals surface area contributed by atoms with Crippen molar-refractivity contribution in [2.45, 2.75) is 20.0 Å². The first-order chi connectivity index (χ1) is 11.9. The maximum Gasteiger partial charge on any atom is 0.251 e. The quantitative estimate of drug-likeness (QED) is 0.856. The van der Waals surface area contributed by atoms with Gasteiger partial charge in [-0.3, -0.25) is 9.69 Å². The molecular weight excluding hydrogens is 342 g/mol. The predicted molar refractivity (Wildman–Crippen MR) is 92.8 cm³/mol. The molecule has 1 aliphatic rings. The molecule has 0 saturated carbocycles. The Bertz CT molecular complexity index is 829. The van der Waals surface area contributed by atoms with Crippen LogP contribution in [0.5, 0.6) is 0 Å². The summed E-state index contributed by atoms with van der Waals surface area (Å²) in [4.78, 5) is 14.3. The molecule has 1 aromatic heterocycles. The Labute approximate surface area is 146 Å². The summed E-state index contributed by atoms with van der Waals surface area (Å²) in [6.07, 6.45) is 0. The Hall–Kier alpha value is -2.19. The van der Waals surface area contributed by atoms with Crippen LogP contribution in [-0.2, 0) is 22.9 Å². The maximum atomic E-state index is 12.2. The minimum absolute atomic E-state index is 0.170. The molecule has 1 saturated heterocycles. The molecular formula is C17H21N3O4S. The number of hydrogen-bond donors (Lipinski definition) is 1. The highest BCUT2D eigenvalue weighted by molar-refractivity contribution is 7.91. The molecule has 1 N–H and O–H groups in total. The molecule has 3 rings (SSSR count). The molecule has 0 atom stereocenters. The van der Waals surface area contributed by atoms with Crippen molar-refractivity contribution >= 4 is 15.7 Å². The second-order valence-corrected chi connectivity index (χ2v) is 8.54. The van der Waals surface area contributed by atoms with Crippen LogP contribution >= 0.6 is 0 Å². The van der Waals surface area contributed by atoms with Crippen molar-refractivity contribution in [2.75, 3.05) is 24.6 Å². The van der Waals surface area contributed by atoms with Crippen molar-refractivity contribution in [3.05, 3.63) is 52.9 Å². The third kappa shape index (κ3) is 4.90. The smallest absolute Gasteiger partial charge is 0.251 e. The summed E-state index contributed by atoms with van der Waals surface area (Å²) in [6, 6.07) is 9.14. The highest BCUT2D eigenvalue weighted by Gasteiger charge is 2.21. The Morgan fingerprint density at radius 2 is 1.92 bits per heavy atom. The zero-order chi connectivity index (χ0) is 17.9. The van der Waals surface area contributed by atoms with Gasteiger partial charge in [-0.25, -0.2) is 8.42 Å². The van der Waals surface area contributed by atoms with E-state index in [2.05, 4.69) is 15.4 Å². The number of hydrogen-bond acceptors (Lipinski definition) is 6. The van der Waals surface area contributed by atoms with Crippen molar-refractivity contribution in [3.63, 3.8) is 0 Å². The van der Waals surface area contributed by atoms with E-state index in [0.29, 0.717) is 43.2 Å². The van der Waals surface area contributed by atoms with E-state index < -0.39 is 9.84 Å². The van der Waals surface area contributed by atoms with Crippen LogP contribution in [-0.4, -0.2) is 49.0 Å². The van der Waals surface area contributed by atoms with Crippen LogP contribution in [0.25, 0.3) is 0 Å². The van der Waals surface area contributed by atoms with Gasteiger partial charge in [0, 0.05) is 31.3 Å². The van der Waals surface area contributed by atoms with Gasteiger partial charge in [-0.2, -0.15) is 0 Å². The van der Waals surface area contributed by atoms with Gasteiger partial charge in [0.2, 0.25) is 0 Å². The lowest BCUT2D eigenvalue weighted by molar-refractivity contribution is 0.0950. The van der Waals surface area contributed by atoms with E-state index in [1.807, 2.05) is 12.1 Å². The zero-order valence-corrected chi connectivity index (χ0v) is 14.9. The van der Waals surface area contributed by atoms with E-state index in [1.165, 1.54) is 0 Å². The second kappa shape index (κ2) is 7.37. The molecule has 8 heteroatoms. The zero-order valence-electron chi connectivity index (χ0n) is 14.1. The van der Waals surface area contributed by atoms with Gasteiger partial charge in [0.1, 0.15) is 11.5 Å². The summed E-state index contributed by atoms with van der Waals surface area (Å²) < 4.78 is 27.9. The van der Waals surface area contributed by atoms with Gasteiger partial charge in [-0.1, -0.05) is 17.3 Å². The van der Waals surface area contributed by atoms with E-state index in [4.69, 9.17) is 4.52 Å². The van der Waals surface area contributed by atoms with Gasteiger partial charge in [0.05, 0.1) is 18.1 Å². The van der Waals surface area contributed by atoms with Crippen molar-refractivity contribution in [1.82, 2.24) is 15.4 Å². The lowest BCUT2D eigenvalue weighted by atomic mass is 10.1. The summed E-state index contributed by atoms with van der Waals surface area (Å²) >= 11 is 0. The van der Waals surface area contributed by atoms with Crippen molar-refractivity contribution in [1.29, 1.82) is 0 Å². The van der Waals surface area contributed by atoms with Crippen LogP contribution in [0.15, 0.2) is 34.9 Å². The molecule has 2 aromatic rings. The Morgan fingerprint density at radius 3 is 2.52 bits per heavy atom. The number of nitrogens with one attached hydrogen (secondary N) is 1.